The van der Waals surface area contributed by atoms with Crippen LogP contribution < -0.4 is 0 Å². The molecule has 0 aliphatic heterocycles. The Kier molecular flexibility index (Phi) is 3.66. The van der Waals surface area contributed by atoms with E-state index in [1.807, 2.05) is 6.07 Å². The number of H-pyrrole nitrogens is 1. The maximum absolute atomic E-state index is 13.1. The van der Waals surface area contributed by atoms with Crippen molar-refractivity contribution in [3.63, 3.8) is 0 Å². The third-order valence-corrected chi connectivity index (χ3v) is 4.20. The molecule has 8 heteroatoms. The fraction of sp³-hybridized carbons (Fsp3) is 0.133. The van der Waals surface area contributed by atoms with Crippen molar-refractivity contribution in [2.45, 2.75) is 13.1 Å². The predicted molar refractivity (Wildman–Crippen MR) is 79.6 cm³/mol. The third kappa shape index (κ3) is 2.83. The highest BCUT2D eigenvalue weighted by Gasteiger charge is 2.35. The first-order valence-corrected chi connectivity index (χ1v) is 7.36. The summed E-state index contributed by atoms with van der Waals surface area (Å²) in [5.74, 6) is 0. The summed E-state index contributed by atoms with van der Waals surface area (Å²) in [6.45, 7) is 1.78. The van der Waals surface area contributed by atoms with E-state index in [9.17, 15) is 13.2 Å². The fourth-order valence-electron chi connectivity index (χ4n) is 2.34. The number of alkyl halides is 3. The van der Waals surface area contributed by atoms with Crippen LogP contribution in [0, 0.1) is 18.3 Å². The van der Waals surface area contributed by atoms with E-state index in [4.69, 9.17) is 5.26 Å². The van der Waals surface area contributed by atoms with Crippen LogP contribution in [0.15, 0.2) is 29.6 Å². The minimum Gasteiger partial charge on any atom is -0.247 e. The van der Waals surface area contributed by atoms with Gasteiger partial charge in [-0.3, -0.25) is 0 Å². The molecule has 0 spiro atoms. The number of rotatable bonds is 2. The number of aryl methyl sites for hydroxylation is 1. The third-order valence-electron chi connectivity index (χ3n) is 3.24. The number of nitriles is 1. The highest BCUT2D eigenvalue weighted by Crippen LogP contribution is 2.41. The highest BCUT2D eigenvalue weighted by molar-refractivity contribution is 7.10. The summed E-state index contributed by atoms with van der Waals surface area (Å²) in [6, 6.07) is 8.38. The molecule has 2 heterocycles. The summed E-state index contributed by atoms with van der Waals surface area (Å²) >= 11 is 0.657. The van der Waals surface area contributed by atoms with Crippen molar-refractivity contribution >= 4 is 11.3 Å². The van der Waals surface area contributed by atoms with Gasteiger partial charge >= 0.3 is 6.18 Å². The van der Waals surface area contributed by atoms with Crippen LogP contribution in [0.2, 0.25) is 0 Å². The summed E-state index contributed by atoms with van der Waals surface area (Å²) in [6.07, 6.45) is -4.40. The lowest BCUT2D eigenvalue weighted by Crippen LogP contribution is -2.03. The summed E-state index contributed by atoms with van der Waals surface area (Å²) in [4.78, 5) is -0.644. The van der Waals surface area contributed by atoms with Crippen LogP contribution in [0.1, 0.15) is 16.1 Å². The van der Waals surface area contributed by atoms with Gasteiger partial charge in [-0.2, -0.15) is 18.4 Å². The zero-order valence-corrected chi connectivity index (χ0v) is 12.6. The molecule has 2 aromatic heterocycles. The Labute approximate surface area is 133 Å². The van der Waals surface area contributed by atoms with Crippen LogP contribution in [0.5, 0.6) is 0 Å². The number of aromatic amines is 1. The average molecular weight is 334 g/mol. The minimum atomic E-state index is -4.40. The Morgan fingerprint density at radius 3 is 2.65 bits per heavy atom. The van der Waals surface area contributed by atoms with Crippen molar-refractivity contribution in [1.82, 2.24) is 15.4 Å². The monoisotopic (exact) mass is 334 g/mol. The first-order chi connectivity index (χ1) is 10.9. The largest absolute Gasteiger partial charge is 0.426 e. The van der Waals surface area contributed by atoms with Crippen molar-refractivity contribution in [3.05, 3.63) is 45.8 Å². The second kappa shape index (κ2) is 5.52. The van der Waals surface area contributed by atoms with Crippen molar-refractivity contribution < 1.29 is 13.2 Å². The van der Waals surface area contributed by atoms with Gasteiger partial charge in [0, 0.05) is 11.1 Å². The molecule has 0 unspecified atom stereocenters. The molecule has 4 nitrogen and oxygen atoms in total. The van der Waals surface area contributed by atoms with Crippen molar-refractivity contribution in [3.8, 4) is 28.5 Å². The lowest BCUT2D eigenvalue weighted by atomic mass is 9.98. The average Bonchev–Trinajstić information content (AvgIpc) is 3.15. The van der Waals surface area contributed by atoms with Gasteiger partial charge < -0.3 is 0 Å². The number of hydrogen-bond acceptors (Lipinski definition) is 4. The van der Waals surface area contributed by atoms with Gasteiger partial charge in [0.05, 0.1) is 0 Å². The first-order valence-electron chi connectivity index (χ1n) is 6.48. The van der Waals surface area contributed by atoms with Gasteiger partial charge in [-0.05, 0) is 41.6 Å². The molecule has 116 valence electrons. The molecule has 1 N–H and O–H groups in total. The molecule has 0 bridgehead atoms. The van der Waals surface area contributed by atoms with Gasteiger partial charge in [0.15, 0.2) is 5.69 Å². The molecule has 0 saturated heterocycles. The van der Waals surface area contributed by atoms with Gasteiger partial charge in [0.1, 0.15) is 16.6 Å². The molecular weight excluding hydrogens is 325 g/mol. The van der Waals surface area contributed by atoms with Crippen molar-refractivity contribution in [1.29, 1.82) is 5.26 Å². The van der Waals surface area contributed by atoms with Crippen LogP contribution in [0.3, 0.4) is 0 Å². The molecule has 0 aliphatic rings. The lowest BCUT2D eigenvalue weighted by Gasteiger charge is -2.10. The highest BCUT2D eigenvalue weighted by atomic mass is 32.1. The number of nitrogens with one attached hydrogen (secondary N) is 1. The summed E-state index contributed by atoms with van der Waals surface area (Å²) < 4.78 is 39.3. The van der Waals surface area contributed by atoms with E-state index in [-0.39, 0.29) is 11.3 Å². The Balaban J connectivity index is 2.17. The minimum absolute atomic E-state index is 0.120. The Hall–Kier alpha value is -2.66. The zero-order valence-electron chi connectivity index (χ0n) is 11.8. The molecule has 0 fully saturated rings. The number of benzene rings is 1. The standard InChI is InChI=1S/C15H9F3N4S/c1-8-4-9(11-2-3-23-14(11)15(16,17)18)6-10(5-8)13-12(7-19)20-22-21-13/h2-6H,1H3,(H,20,21,22). The topological polar surface area (TPSA) is 65.4 Å². The Morgan fingerprint density at radius 2 is 1.96 bits per heavy atom. The summed E-state index contributed by atoms with van der Waals surface area (Å²) in [7, 11) is 0. The van der Waals surface area contributed by atoms with E-state index < -0.39 is 11.1 Å². The second-order valence-electron chi connectivity index (χ2n) is 4.90. The van der Waals surface area contributed by atoms with Gasteiger partial charge in [0.25, 0.3) is 0 Å². The first kappa shape index (κ1) is 15.2. The van der Waals surface area contributed by atoms with Gasteiger partial charge in [-0.15, -0.1) is 16.4 Å². The SMILES string of the molecule is Cc1cc(-c2ccsc2C(F)(F)F)cc(-c2nn[nH]c2C#N)c1. The van der Waals surface area contributed by atoms with Crippen molar-refractivity contribution in [2.24, 2.45) is 0 Å². The van der Waals surface area contributed by atoms with E-state index >= 15 is 0 Å². The molecule has 0 radical (unpaired) electrons. The number of thiophene rings is 1. The predicted octanol–water partition coefficient (Wildman–Crippen LogP) is 4.40. The molecule has 0 saturated carbocycles. The Bertz CT molecular complexity index is 902. The van der Waals surface area contributed by atoms with Crippen LogP contribution in [-0.4, -0.2) is 15.4 Å². The summed E-state index contributed by atoms with van der Waals surface area (Å²) in [5, 5.41) is 20.3. The number of aromatic nitrogens is 3. The van der Waals surface area contributed by atoms with Crippen LogP contribution >= 0.6 is 11.3 Å². The quantitative estimate of drug-likeness (QED) is 0.755. The second-order valence-corrected chi connectivity index (χ2v) is 5.81. The fourth-order valence-corrected chi connectivity index (χ4v) is 3.13. The molecule has 0 atom stereocenters. The van der Waals surface area contributed by atoms with E-state index in [0.717, 1.165) is 5.56 Å². The maximum Gasteiger partial charge on any atom is 0.426 e. The summed E-state index contributed by atoms with van der Waals surface area (Å²) in [5.41, 5.74) is 2.35. The molecular formula is C15H9F3N4S. The van der Waals surface area contributed by atoms with Crippen LogP contribution in [0.4, 0.5) is 13.2 Å². The van der Waals surface area contributed by atoms with Crippen molar-refractivity contribution in [2.75, 3.05) is 0 Å². The molecule has 23 heavy (non-hydrogen) atoms. The molecule has 0 amide bonds. The number of hydrogen-bond donors (Lipinski definition) is 1. The van der Waals surface area contributed by atoms with Gasteiger partial charge in [0.2, 0.25) is 0 Å². The molecule has 3 aromatic rings. The van der Waals surface area contributed by atoms with Gasteiger partial charge in [-0.25, -0.2) is 5.10 Å². The Morgan fingerprint density at radius 1 is 1.22 bits per heavy atom. The van der Waals surface area contributed by atoms with E-state index in [1.54, 1.807) is 25.1 Å². The molecule has 3 rings (SSSR count). The van der Waals surface area contributed by atoms with E-state index in [2.05, 4.69) is 15.4 Å². The number of nitrogens with zero attached hydrogens (tertiary/aromatic N) is 3. The zero-order chi connectivity index (χ0) is 16.6. The lowest BCUT2D eigenvalue weighted by molar-refractivity contribution is -0.133. The maximum atomic E-state index is 13.1. The van der Waals surface area contributed by atoms with E-state index in [1.165, 1.54) is 11.4 Å². The van der Waals surface area contributed by atoms with Crippen LogP contribution in [0.25, 0.3) is 22.4 Å². The van der Waals surface area contributed by atoms with Gasteiger partial charge in [-0.1, -0.05) is 11.3 Å². The van der Waals surface area contributed by atoms with Crippen LogP contribution in [-0.2, 0) is 6.18 Å². The smallest absolute Gasteiger partial charge is 0.247 e. The normalized spacial score (nSPS) is 11.4. The van der Waals surface area contributed by atoms with E-state index in [0.29, 0.717) is 28.2 Å². The molecule has 0 aliphatic carbocycles. The number of halogens is 3. The molecule has 1 aromatic carbocycles.